The lowest BCUT2D eigenvalue weighted by Gasteiger charge is -2.35. The first-order valence-corrected chi connectivity index (χ1v) is 9.69. The second-order valence-electron chi connectivity index (χ2n) is 7.30. The summed E-state index contributed by atoms with van der Waals surface area (Å²) in [6, 6.07) is 14.4. The molecule has 0 radical (unpaired) electrons. The topological polar surface area (TPSA) is 54.6 Å². The number of ether oxygens (including phenoxy) is 2. The van der Waals surface area contributed by atoms with Crippen molar-refractivity contribution in [2.45, 2.75) is 32.2 Å². The fourth-order valence-corrected chi connectivity index (χ4v) is 4.31. The molecule has 28 heavy (non-hydrogen) atoms. The second-order valence-corrected chi connectivity index (χ2v) is 7.30. The second kappa shape index (κ2) is 7.58. The number of fused-ring (bicyclic) bond motifs is 3. The van der Waals surface area contributed by atoms with Crippen LogP contribution in [0, 0.1) is 0 Å². The molecule has 2 heterocycles. The van der Waals surface area contributed by atoms with E-state index in [1.807, 2.05) is 29.2 Å². The third-order valence-corrected chi connectivity index (χ3v) is 5.68. The van der Waals surface area contributed by atoms with Crippen molar-refractivity contribution in [2.75, 3.05) is 20.8 Å². The van der Waals surface area contributed by atoms with E-state index in [-0.39, 0.29) is 11.9 Å². The molecule has 1 amide bonds. The Kier molecular flexibility index (Phi) is 4.99. The average molecular weight is 378 g/mol. The van der Waals surface area contributed by atoms with E-state index in [0.717, 1.165) is 48.4 Å². The molecule has 0 saturated heterocycles. The van der Waals surface area contributed by atoms with E-state index in [0.29, 0.717) is 0 Å². The number of aromatic nitrogens is 1. The molecule has 4 rings (SSSR count). The van der Waals surface area contributed by atoms with Crippen molar-refractivity contribution in [3.8, 4) is 11.5 Å². The Labute approximate surface area is 165 Å². The van der Waals surface area contributed by atoms with Gasteiger partial charge in [-0.3, -0.25) is 4.79 Å². The largest absolute Gasteiger partial charge is 0.497 e. The zero-order valence-electron chi connectivity index (χ0n) is 16.6. The number of nitrogens with one attached hydrogen (secondary N) is 1. The SMILES string of the molecule is COc1cc(CCC2c3[nH]c4ccccc4c3CCN2C(C)=O)cc(OC)c1. The summed E-state index contributed by atoms with van der Waals surface area (Å²) in [5.41, 5.74) is 4.81. The van der Waals surface area contributed by atoms with Crippen LogP contribution < -0.4 is 9.47 Å². The van der Waals surface area contributed by atoms with Gasteiger partial charge >= 0.3 is 0 Å². The molecule has 3 aromatic rings. The molecule has 1 N–H and O–H groups in total. The number of nitrogens with zero attached hydrogens (tertiary/aromatic N) is 1. The lowest BCUT2D eigenvalue weighted by atomic mass is 9.93. The van der Waals surface area contributed by atoms with Gasteiger partial charge in [-0.2, -0.15) is 0 Å². The number of para-hydroxylation sites is 1. The molecule has 1 atom stereocenters. The molecule has 0 aliphatic carbocycles. The van der Waals surface area contributed by atoms with Gasteiger partial charge in [0.15, 0.2) is 0 Å². The number of carbonyl (C=O) groups is 1. The number of carbonyl (C=O) groups excluding carboxylic acids is 1. The van der Waals surface area contributed by atoms with Crippen LogP contribution >= 0.6 is 0 Å². The fourth-order valence-electron chi connectivity index (χ4n) is 4.31. The third-order valence-electron chi connectivity index (χ3n) is 5.68. The van der Waals surface area contributed by atoms with Gasteiger partial charge in [0.1, 0.15) is 11.5 Å². The van der Waals surface area contributed by atoms with Crippen molar-refractivity contribution >= 4 is 16.8 Å². The van der Waals surface area contributed by atoms with Crippen LogP contribution in [0.25, 0.3) is 10.9 Å². The van der Waals surface area contributed by atoms with E-state index >= 15 is 0 Å². The Hall–Kier alpha value is -2.95. The van der Waals surface area contributed by atoms with Crippen molar-refractivity contribution in [1.82, 2.24) is 9.88 Å². The van der Waals surface area contributed by atoms with E-state index in [4.69, 9.17) is 9.47 Å². The smallest absolute Gasteiger partial charge is 0.220 e. The van der Waals surface area contributed by atoms with Gasteiger partial charge in [-0.1, -0.05) is 18.2 Å². The predicted molar refractivity (Wildman–Crippen MR) is 110 cm³/mol. The number of benzene rings is 2. The summed E-state index contributed by atoms with van der Waals surface area (Å²) in [6.07, 6.45) is 2.56. The molecule has 1 aliphatic rings. The quantitative estimate of drug-likeness (QED) is 0.722. The first-order valence-electron chi connectivity index (χ1n) is 9.69. The summed E-state index contributed by atoms with van der Waals surface area (Å²) in [4.78, 5) is 17.9. The first-order chi connectivity index (χ1) is 13.6. The normalized spacial score (nSPS) is 16.1. The van der Waals surface area contributed by atoms with Crippen LogP contribution in [0.4, 0.5) is 0 Å². The molecule has 0 bridgehead atoms. The summed E-state index contributed by atoms with van der Waals surface area (Å²) in [7, 11) is 3.32. The zero-order chi connectivity index (χ0) is 19.7. The van der Waals surface area contributed by atoms with Gasteiger partial charge in [-0.25, -0.2) is 0 Å². The van der Waals surface area contributed by atoms with Gasteiger partial charge in [0, 0.05) is 36.1 Å². The van der Waals surface area contributed by atoms with Crippen LogP contribution in [0.2, 0.25) is 0 Å². The maximum absolute atomic E-state index is 12.3. The number of rotatable bonds is 5. The molecule has 1 aromatic heterocycles. The Morgan fingerprint density at radius 3 is 2.54 bits per heavy atom. The molecule has 0 fully saturated rings. The highest BCUT2D eigenvalue weighted by molar-refractivity contribution is 5.86. The van der Waals surface area contributed by atoms with Crippen LogP contribution in [-0.4, -0.2) is 36.6 Å². The number of aromatic amines is 1. The fraction of sp³-hybridized carbons (Fsp3) is 0.348. The predicted octanol–water partition coefficient (Wildman–Crippen LogP) is 4.26. The third kappa shape index (κ3) is 3.33. The Morgan fingerprint density at radius 2 is 1.86 bits per heavy atom. The van der Waals surface area contributed by atoms with E-state index in [1.165, 1.54) is 16.6 Å². The maximum atomic E-state index is 12.3. The van der Waals surface area contributed by atoms with Crippen LogP contribution in [0.15, 0.2) is 42.5 Å². The van der Waals surface area contributed by atoms with Crippen molar-refractivity contribution in [2.24, 2.45) is 0 Å². The molecule has 0 saturated carbocycles. The minimum absolute atomic E-state index is 0.0471. The van der Waals surface area contributed by atoms with Gasteiger partial charge in [-0.15, -0.1) is 0 Å². The summed E-state index contributed by atoms with van der Waals surface area (Å²) >= 11 is 0. The summed E-state index contributed by atoms with van der Waals surface area (Å²) in [5, 5.41) is 1.27. The van der Waals surface area contributed by atoms with Crippen molar-refractivity contribution in [3.63, 3.8) is 0 Å². The molecule has 146 valence electrons. The van der Waals surface area contributed by atoms with E-state index in [2.05, 4.69) is 23.2 Å². The van der Waals surface area contributed by atoms with Crippen molar-refractivity contribution < 1.29 is 14.3 Å². The van der Waals surface area contributed by atoms with Crippen LogP contribution in [0.1, 0.15) is 36.2 Å². The van der Waals surface area contributed by atoms with E-state index < -0.39 is 0 Å². The van der Waals surface area contributed by atoms with Gasteiger partial charge in [0.05, 0.1) is 20.3 Å². The number of hydrogen-bond donors (Lipinski definition) is 1. The summed E-state index contributed by atoms with van der Waals surface area (Å²) in [6.45, 7) is 2.42. The number of aryl methyl sites for hydroxylation is 1. The van der Waals surface area contributed by atoms with Gasteiger partial charge in [0.2, 0.25) is 5.91 Å². The molecule has 1 unspecified atom stereocenters. The molecule has 5 nitrogen and oxygen atoms in total. The highest BCUT2D eigenvalue weighted by Gasteiger charge is 2.31. The van der Waals surface area contributed by atoms with Crippen molar-refractivity contribution in [3.05, 3.63) is 59.3 Å². The van der Waals surface area contributed by atoms with Gasteiger partial charge < -0.3 is 19.4 Å². The number of hydrogen-bond acceptors (Lipinski definition) is 3. The molecule has 0 spiro atoms. The first kappa shape index (κ1) is 18.4. The molecular formula is C23H26N2O3. The summed E-state index contributed by atoms with van der Waals surface area (Å²) < 4.78 is 10.8. The van der Waals surface area contributed by atoms with E-state index in [9.17, 15) is 4.79 Å². The lowest BCUT2D eigenvalue weighted by Crippen LogP contribution is -2.39. The average Bonchev–Trinajstić information content (AvgIpc) is 3.10. The van der Waals surface area contributed by atoms with Crippen LogP contribution in [-0.2, 0) is 17.6 Å². The monoisotopic (exact) mass is 378 g/mol. The van der Waals surface area contributed by atoms with E-state index in [1.54, 1.807) is 21.1 Å². The Morgan fingerprint density at radius 1 is 1.14 bits per heavy atom. The summed E-state index contributed by atoms with van der Waals surface area (Å²) in [5.74, 6) is 1.69. The molecule has 1 aliphatic heterocycles. The standard InChI is InChI=1S/C23H26N2O3/c1-15(26)25-11-10-20-19-6-4-5-7-21(19)24-23(20)22(25)9-8-16-12-17(27-2)14-18(13-16)28-3/h4-7,12-14,22,24H,8-11H2,1-3H3. The van der Waals surface area contributed by atoms with Gasteiger partial charge in [0.25, 0.3) is 0 Å². The highest BCUT2D eigenvalue weighted by Crippen LogP contribution is 2.37. The van der Waals surface area contributed by atoms with Crippen LogP contribution in [0.3, 0.4) is 0 Å². The van der Waals surface area contributed by atoms with Crippen molar-refractivity contribution in [1.29, 1.82) is 0 Å². The van der Waals surface area contributed by atoms with Gasteiger partial charge in [-0.05, 0) is 48.6 Å². The Bertz CT molecular complexity index is 986. The number of methoxy groups -OCH3 is 2. The molecule has 2 aromatic carbocycles. The zero-order valence-corrected chi connectivity index (χ0v) is 16.6. The minimum atomic E-state index is 0.0471. The van der Waals surface area contributed by atoms with Crippen LogP contribution in [0.5, 0.6) is 11.5 Å². The lowest BCUT2D eigenvalue weighted by molar-refractivity contribution is -0.131. The number of amides is 1. The number of H-pyrrole nitrogens is 1. The maximum Gasteiger partial charge on any atom is 0.220 e. The molecular weight excluding hydrogens is 352 g/mol. The minimum Gasteiger partial charge on any atom is -0.497 e. The Balaban J connectivity index is 1.66. The highest BCUT2D eigenvalue weighted by atomic mass is 16.5. The molecule has 5 heteroatoms.